The van der Waals surface area contributed by atoms with Crippen molar-refractivity contribution in [1.29, 1.82) is 0 Å². The number of rotatable bonds is 7. The Morgan fingerprint density at radius 2 is 1.77 bits per heavy atom. The maximum absolute atomic E-state index is 14.5. The molecule has 2 atom stereocenters. The average molecular weight is 566 g/mol. The molecule has 17 heteroatoms. The fourth-order valence-corrected chi connectivity index (χ4v) is 3.84. The second-order valence-corrected chi connectivity index (χ2v) is 8.70. The van der Waals surface area contributed by atoms with E-state index in [1.165, 1.54) is 25.4 Å². The van der Waals surface area contributed by atoms with Gasteiger partial charge in [0.2, 0.25) is 5.95 Å². The number of alkyl halides is 8. The van der Waals surface area contributed by atoms with Crippen LogP contribution in [0.15, 0.2) is 41.5 Å². The lowest BCUT2D eigenvalue weighted by atomic mass is 9.88. The van der Waals surface area contributed by atoms with E-state index in [1.54, 1.807) is 0 Å². The van der Waals surface area contributed by atoms with Crippen molar-refractivity contribution in [3.63, 3.8) is 0 Å². The van der Waals surface area contributed by atoms with Crippen molar-refractivity contribution in [2.45, 2.75) is 37.7 Å². The van der Waals surface area contributed by atoms with Crippen LogP contribution in [0.4, 0.5) is 41.1 Å². The third-order valence-corrected chi connectivity index (χ3v) is 5.61. The van der Waals surface area contributed by atoms with Crippen LogP contribution in [0, 0.1) is 5.92 Å². The highest BCUT2D eigenvalue weighted by molar-refractivity contribution is 6.17. The number of nitrogens with zero attached hydrogens (tertiary/aromatic N) is 6. The maximum Gasteiger partial charge on any atom is 0.419 e. The van der Waals surface area contributed by atoms with E-state index >= 15 is 0 Å². The summed E-state index contributed by atoms with van der Waals surface area (Å²) in [7, 11) is 0. The second-order valence-electron chi connectivity index (χ2n) is 8.70. The summed E-state index contributed by atoms with van der Waals surface area (Å²) >= 11 is 0. The molecule has 9 nitrogen and oxygen atoms in total. The Bertz CT molecular complexity index is 1200. The molecule has 0 aliphatic carbocycles. The normalized spacial score (nSPS) is 20.6. The first-order chi connectivity index (χ1) is 18.1. The number of anilines is 1. The van der Waals surface area contributed by atoms with Crippen LogP contribution in [0.5, 0.6) is 0 Å². The SMILES string of the molecule is CC1CC(F)(F)CN(C(=O)C(N)=C(C=NCC(F)(F)F)c2ncccn2)C1CNc1ncc(C(F)(F)F)cn1. The lowest BCUT2D eigenvalue weighted by Crippen LogP contribution is -2.58. The van der Waals surface area contributed by atoms with Gasteiger partial charge in [0.1, 0.15) is 12.2 Å². The molecule has 1 saturated heterocycles. The van der Waals surface area contributed by atoms with Crippen LogP contribution in [0.25, 0.3) is 5.57 Å². The van der Waals surface area contributed by atoms with E-state index in [9.17, 15) is 39.9 Å². The smallest absolute Gasteiger partial charge is 0.394 e. The standard InChI is InChI=1S/C22H22F8N8O/c1-12-5-20(23,24)11-38(15(12)9-37-19-35-6-13(7-36-19)22(28,29)30)18(39)16(31)14(8-32-10-21(25,26)27)17-33-3-2-4-34-17/h2-4,6-8,12,15H,5,9-11,31H2,1H3,(H,35,36,37). The van der Waals surface area contributed by atoms with Crippen molar-refractivity contribution < 1.29 is 39.9 Å². The number of hydrogen-bond donors (Lipinski definition) is 2. The number of aliphatic imine (C=N–C) groups is 1. The summed E-state index contributed by atoms with van der Waals surface area (Å²) in [6.45, 7) is -1.51. The number of nitrogens with one attached hydrogen (secondary N) is 1. The zero-order valence-corrected chi connectivity index (χ0v) is 20.1. The summed E-state index contributed by atoms with van der Waals surface area (Å²) in [5.41, 5.74) is 3.73. The Hall–Kier alpha value is -3.92. The lowest BCUT2D eigenvalue weighted by molar-refractivity contribution is -0.148. The van der Waals surface area contributed by atoms with E-state index in [2.05, 4.69) is 30.2 Å². The molecule has 1 amide bonds. The minimum atomic E-state index is -4.67. The van der Waals surface area contributed by atoms with E-state index in [0.29, 0.717) is 18.6 Å². The summed E-state index contributed by atoms with van der Waals surface area (Å²) in [5.74, 6) is -5.84. The molecule has 2 aromatic rings. The van der Waals surface area contributed by atoms with Crippen molar-refractivity contribution in [2.75, 3.05) is 25.0 Å². The number of likely N-dealkylation sites (tertiary alicyclic amines) is 1. The Morgan fingerprint density at radius 3 is 2.33 bits per heavy atom. The van der Waals surface area contributed by atoms with Gasteiger partial charge in [0.05, 0.1) is 23.7 Å². The number of halogens is 8. The number of nitrogens with two attached hydrogens (primary N) is 1. The van der Waals surface area contributed by atoms with E-state index < -0.39 is 72.5 Å². The summed E-state index contributed by atoms with van der Waals surface area (Å²) in [6.07, 6.45) is -5.80. The third kappa shape index (κ3) is 8.03. The van der Waals surface area contributed by atoms with Gasteiger partial charge in [0.25, 0.3) is 11.8 Å². The highest BCUT2D eigenvalue weighted by atomic mass is 19.4. The van der Waals surface area contributed by atoms with Gasteiger partial charge in [-0.1, -0.05) is 6.92 Å². The summed E-state index contributed by atoms with van der Waals surface area (Å²) in [6, 6.07) is 0.413. The molecule has 0 aromatic carbocycles. The highest BCUT2D eigenvalue weighted by Gasteiger charge is 2.46. The first-order valence-corrected chi connectivity index (χ1v) is 11.2. The van der Waals surface area contributed by atoms with Gasteiger partial charge >= 0.3 is 12.4 Å². The van der Waals surface area contributed by atoms with Gasteiger partial charge < -0.3 is 16.0 Å². The molecule has 212 valence electrons. The summed E-state index contributed by atoms with van der Waals surface area (Å²) < 4.78 is 105. The van der Waals surface area contributed by atoms with Crippen LogP contribution in [0.1, 0.15) is 24.7 Å². The van der Waals surface area contributed by atoms with Gasteiger partial charge in [0, 0.05) is 44.0 Å². The number of carbonyl (C=O) groups excluding carboxylic acids is 1. The molecular weight excluding hydrogens is 544 g/mol. The van der Waals surface area contributed by atoms with Gasteiger partial charge in [0.15, 0.2) is 5.82 Å². The fraction of sp³-hybridized carbons (Fsp3) is 0.455. The van der Waals surface area contributed by atoms with Crippen LogP contribution in [-0.2, 0) is 11.0 Å². The van der Waals surface area contributed by atoms with Crippen LogP contribution in [0.2, 0.25) is 0 Å². The molecule has 1 aliphatic heterocycles. The summed E-state index contributed by atoms with van der Waals surface area (Å²) in [4.78, 5) is 32.2. The van der Waals surface area contributed by atoms with E-state index in [0.717, 1.165) is 4.90 Å². The number of carbonyl (C=O) groups is 1. The maximum atomic E-state index is 14.5. The molecule has 0 saturated carbocycles. The van der Waals surface area contributed by atoms with Crippen molar-refractivity contribution in [3.05, 3.63) is 47.9 Å². The Morgan fingerprint density at radius 1 is 1.15 bits per heavy atom. The molecule has 3 rings (SSSR count). The molecule has 1 fully saturated rings. The van der Waals surface area contributed by atoms with E-state index in [1.807, 2.05) is 0 Å². The van der Waals surface area contributed by atoms with Crippen molar-refractivity contribution in [2.24, 2.45) is 16.6 Å². The molecule has 0 spiro atoms. The van der Waals surface area contributed by atoms with Gasteiger partial charge in [-0.15, -0.1) is 0 Å². The van der Waals surface area contributed by atoms with Crippen molar-refractivity contribution >= 4 is 23.6 Å². The number of aromatic nitrogens is 4. The van der Waals surface area contributed by atoms with Crippen LogP contribution >= 0.6 is 0 Å². The molecule has 0 radical (unpaired) electrons. The molecule has 39 heavy (non-hydrogen) atoms. The minimum Gasteiger partial charge on any atom is -0.394 e. The second kappa shape index (κ2) is 11.4. The first kappa shape index (κ1) is 29.6. The predicted octanol–water partition coefficient (Wildman–Crippen LogP) is 3.57. The monoisotopic (exact) mass is 566 g/mol. The predicted molar refractivity (Wildman–Crippen MR) is 122 cm³/mol. The highest BCUT2D eigenvalue weighted by Crippen LogP contribution is 2.35. The Balaban J connectivity index is 1.92. The molecule has 3 heterocycles. The first-order valence-electron chi connectivity index (χ1n) is 11.2. The van der Waals surface area contributed by atoms with Crippen molar-refractivity contribution in [1.82, 2.24) is 24.8 Å². The molecule has 0 bridgehead atoms. The Kier molecular flexibility index (Phi) is 8.70. The number of allylic oxidation sites excluding steroid dienone is 1. The number of hydrogen-bond acceptors (Lipinski definition) is 8. The third-order valence-electron chi connectivity index (χ3n) is 5.61. The zero-order chi connectivity index (χ0) is 29.0. The van der Waals surface area contributed by atoms with Crippen molar-refractivity contribution in [3.8, 4) is 0 Å². The minimum absolute atomic E-state index is 0.249. The zero-order valence-electron chi connectivity index (χ0n) is 20.1. The number of amides is 1. The largest absolute Gasteiger partial charge is 0.419 e. The van der Waals surface area contributed by atoms with E-state index in [-0.39, 0.29) is 18.3 Å². The van der Waals surface area contributed by atoms with Crippen LogP contribution < -0.4 is 11.1 Å². The lowest BCUT2D eigenvalue weighted by Gasteiger charge is -2.43. The van der Waals surface area contributed by atoms with Gasteiger partial charge in [-0.05, 0) is 12.0 Å². The molecule has 2 unspecified atom stereocenters. The molecular formula is C22H22F8N8O. The van der Waals surface area contributed by atoms with Gasteiger partial charge in [-0.2, -0.15) is 26.3 Å². The van der Waals surface area contributed by atoms with Crippen LogP contribution in [-0.4, -0.2) is 74.7 Å². The quantitative estimate of drug-likeness (QED) is 0.299. The topological polar surface area (TPSA) is 122 Å². The number of piperidine rings is 1. The fourth-order valence-electron chi connectivity index (χ4n) is 3.84. The molecule has 2 aromatic heterocycles. The van der Waals surface area contributed by atoms with E-state index in [4.69, 9.17) is 5.73 Å². The molecule has 1 aliphatic rings. The van der Waals surface area contributed by atoms with Crippen LogP contribution in [0.3, 0.4) is 0 Å². The summed E-state index contributed by atoms with van der Waals surface area (Å²) in [5, 5.41) is 2.63. The average Bonchev–Trinajstić information content (AvgIpc) is 2.84. The van der Waals surface area contributed by atoms with Gasteiger partial charge in [-0.3, -0.25) is 9.79 Å². The molecule has 3 N–H and O–H groups in total. The Labute approximate surface area is 216 Å². The van der Waals surface area contributed by atoms with Gasteiger partial charge in [-0.25, -0.2) is 28.7 Å².